The van der Waals surface area contributed by atoms with Gasteiger partial charge < -0.3 is 19.5 Å². The fourth-order valence-electron chi connectivity index (χ4n) is 2.24. The number of carbonyl (C=O) groups is 2. The summed E-state index contributed by atoms with van der Waals surface area (Å²) in [7, 11) is 3.05. The number of rotatable bonds is 5. The second-order valence-corrected chi connectivity index (χ2v) is 4.35. The zero-order valence-electron chi connectivity index (χ0n) is 11.7. The fourth-order valence-corrected chi connectivity index (χ4v) is 2.24. The average Bonchev–Trinajstić information content (AvgIpc) is 2.73. The van der Waals surface area contributed by atoms with Crippen LogP contribution in [0.4, 0.5) is 5.69 Å². The maximum absolute atomic E-state index is 12.0. The SMILES string of the molecule is CCOC(=O)CC1C(=O)Nc2cc(OC)c(OC)cc21. The average molecular weight is 279 g/mol. The van der Waals surface area contributed by atoms with E-state index in [1.165, 1.54) is 14.2 Å². The van der Waals surface area contributed by atoms with Gasteiger partial charge in [0.15, 0.2) is 11.5 Å². The highest BCUT2D eigenvalue weighted by atomic mass is 16.5. The molecule has 6 nitrogen and oxygen atoms in total. The molecule has 20 heavy (non-hydrogen) atoms. The molecule has 0 aromatic heterocycles. The summed E-state index contributed by atoms with van der Waals surface area (Å²) in [5.74, 6) is -0.109. The summed E-state index contributed by atoms with van der Waals surface area (Å²) in [5.41, 5.74) is 1.36. The maximum Gasteiger partial charge on any atom is 0.306 e. The number of hydrogen-bond acceptors (Lipinski definition) is 5. The number of nitrogens with one attached hydrogen (secondary N) is 1. The number of fused-ring (bicyclic) bond motifs is 1. The van der Waals surface area contributed by atoms with Gasteiger partial charge in [-0.05, 0) is 18.6 Å². The number of benzene rings is 1. The molecule has 0 bridgehead atoms. The van der Waals surface area contributed by atoms with Gasteiger partial charge in [0, 0.05) is 11.8 Å². The molecule has 0 saturated heterocycles. The Morgan fingerprint density at radius 1 is 1.25 bits per heavy atom. The van der Waals surface area contributed by atoms with E-state index in [4.69, 9.17) is 14.2 Å². The zero-order chi connectivity index (χ0) is 14.7. The van der Waals surface area contributed by atoms with Gasteiger partial charge in [0.25, 0.3) is 0 Å². The van der Waals surface area contributed by atoms with Crippen LogP contribution in [0.25, 0.3) is 0 Å². The number of amides is 1. The highest BCUT2D eigenvalue weighted by Gasteiger charge is 2.34. The van der Waals surface area contributed by atoms with Gasteiger partial charge >= 0.3 is 5.97 Å². The molecule has 1 heterocycles. The van der Waals surface area contributed by atoms with Gasteiger partial charge in [-0.2, -0.15) is 0 Å². The molecule has 0 aliphatic carbocycles. The molecular weight excluding hydrogens is 262 g/mol. The summed E-state index contributed by atoms with van der Waals surface area (Å²) < 4.78 is 15.3. The predicted octanol–water partition coefficient (Wildman–Crippen LogP) is 1.69. The molecule has 6 heteroatoms. The first-order valence-corrected chi connectivity index (χ1v) is 6.33. The lowest BCUT2D eigenvalue weighted by molar-refractivity contribution is -0.144. The third kappa shape index (κ3) is 2.54. The molecule has 1 amide bonds. The van der Waals surface area contributed by atoms with E-state index in [9.17, 15) is 9.59 Å². The van der Waals surface area contributed by atoms with Crippen LogP contribution in [0.2, 0.25) is 0 Å². The summed E-state index contributed by atoms with van der Waals surface area (Å²) in [5, 5.41) is 2.74. The summed E-state index contributed by atoms with van der Waals surface area (Å²) in [4.78, 5) is 23.5. The van der Waals surface area contributed by atoms with Crippen LogP contribution in [-0.2, 0) is 14.3 Å². The Balaban J connectivity index is 2.32. The van der Waals surface area contributed by atoms with E-state index >= 15 is 0 Å². The number of anilines is 1. The summed E-state index contributed by atoms with van der Waals surface area (Å²) in [6.45, 7) is 2.03. The highest BCUT2D eigenvalue weighted by Crippen LogP contribution is 2.42. The third-order valence-corrected chi connectivity index (χ3v) is 3.18. The van der Waals surface area contributed by atoms with Crippen LogP contribution < -0.4 is 14.8 Å². The number of methoxy groups -OCH3 is 2. The fraction of sp³-hybridized carbons (Fsp3) is 0.429. The molecule has 1 aliphatic rings. The van der Waals surface area contributed by atoms with E-state index in [0.717, 1.165) is 5.56 Å². The van der Waals surface area contributed by atoms with Crippen LogP contribution in [0, 0.1) is 0 Å². The van der Waals surface area contributed by atoms with E-state index in [1.807, 2.05) is 0 Å². The van der Waals surface area contributed by atoms with Crippen molar-refractivity contribution in [1.29, 1.82) is 0 Å². The first kappa shape index (κ1) is 14.2. The minimum absolute atomic E-state index is 0.0160. The quantitative estimate of drug-likeness (QED) is 0.830. The van der Waals surface area contributed by atoms with E-state index in [1.54, 1.807) is 19.1 Å². The lowest BCUT2D eigenvalue weighted by atomic mass is 9.97. The second-order valence-electron chi connectivity index (χ2n) is 4.35. The predicted molar refractivity (Wildman–Crippen MR) is 72.2 cm³/mol. The van der Waals surface area contributed by atoms with E-state index in [0.29, 0.717) is 23.8 Å². The van der Waals surface area contributed by atoms with Crippen LogP contribution >= 0.6 is 0 Å². The van der Waals surface area contributed by atoms with Crippen LogP contribution in [0.5, 0.6) is 11.5 Å². The van der Waals surface area contributed by atoms with Crippen LogP contribution in [-0.4, -0.2) is 32.7 Å². The van der Waals surface area contributed by atoms with Crippen molar-refractivity contribution >= 4 is 17.6 Å². The molecule has 1 aliphatic heterocycles. The van der Waals surface area contributed by atoms with Crippen molar-refractivity contribution in [2.24, 2.45) is 0 Å². The van der Waals surface area contributed by atoms with E-state index < -0.39 is 11.9 Å². The minimum Gasteiger partial charge on any atom is -0.493 e. The van der Waals surface area contributed by atoms with Crippen molar-refractivity contribution < 1.29 is 23.8 Å². The number of ether oxygens (including phenoxy) is 3. The number of esters is 1. The first-order chi connectivity index (χ1) is 9.60. The minimum atomic E-state index is -0.552. The standard InChI is InChI=1S/C14H17NO5/c1-4-20-13(16)6-9-8-5-11(18-2)12(19-3)7-10(8)15-14(9)17/h5,7,9H,4,6H2,1-3H3,(H,15,17). The number of hydrogen-bond donors (Lipinski definition) is 1. The Morgan fingerprint density at radius 2 is 1.90 bits per heavy atom. The Bertz CT molecular complexity index is 541. The summed E-state index contributed by atoms with van der Waals surface area (Å²) in [6.07, 6.45) is 0.0160. The van der Waals surface area contributed by atoms with Crippen molar-refractivity contribution in [3.05, 3.63) is 17.7 Å². The molecule has 1 N–H and O–H groups in total. The van der Waals surface area contributed by atoms with Gasteiger partial charge in [-0.3, -0.25) is 9.59 Å². The third-order valence-electron chi connectivity index (χ3n) is 3.18. The Morgan fingerprint density at radius 3 is 2.50 bits per heavy atom. The van der Waals surface area contributed by atoms with Gasteiger partial charge in [0.05, 0.1) is 33.2 Å². The molecule has 0 fully saturated rings. The van der Waals surface area contributed by atoms with Crippen molar-refractivity contribution in [3.63, 3.8) is 0 Å². The van der Waals surface area contributed by atoms with E-state index in [-0.39, 0.29) is 12.3 Å². The van der Waals surface area contributed by atoms with Gasteiger partial charge in [0.2, 0.25) is 5.91 Å². The molecule has 0 saturated carbocycles. The molecule has 0 spiro atoms. The molecular formula is C14H17NO5. The molecule has 1 unspecified atom stereocenters. The second kappa shape index (κ2) is 5.81. The van der Waals surface area contributed by atoms with Gasteiger partial charge in [0.1, 0.15) is 0 Å². The first-order valence-electron chi connectivity index (χ1n) is 6.33. The van der Waals surface area contributed by atoms with Gasteiger partial charge in [-0.1, -0.05) is 0 Å². The van der Waals surface area contributed by atoms with E-state index in [2.05, 4.69) is 5.32 Å². The topological polar surface area (TPSA) is 73.9 Å². The van der Waals surface area contributed by atoms with Gasteiger partial charge in [-0.25, -0.2) is 0 Å². The number of carbonyl (C=O) groups excluding carboxylic acids is 2. The summed E-state index contributed by atoms with van der Waals surface area (Å²) >= 11 is 0. The molecule has 108 valence electrons. The van der Waals surface area contributed by atoms with Crippen LogP contribution in [0.1, 0.15) is 24.8 Å². The Labute approximate surface area is 117 Å². The summed E-state index contributed by atoms with van der Waals surface area (Å²) in [6, 6.07) is 3.41. The smallest absolute Gasteiger partial charge is 0.306 e. The van der Waals surface area contributed by atoms with Gasteiger partial charge in [-0.15, -0.1) is 0 Å². The largest absolute Gasteiger partial charge is 0.493 e. The van der Waals surface area contributed by atoms with Crippen LogP contribution in [0.15, 0.2) is 12.1 Å². The van der Waals surface area contributed by atoms with Crippen molar-refractivity contribution in [2.75, 3.05) is 26.1 Å². The lowest BCUT2D eigenvalue weighted by Crippen LogP contribution is -2.17. The zero-order valence-corrected chi connectivity index (χ0v) is 11.7. The Hall–Kier alpha value is -2.24. The van der Waals surface area contributed by atoms with Crippen molar-refractivity contribution in [1.82, 2.24) is 0 Å². The normalized spacial score (nSPS) is 16.4. The molecule has 2 rings (SSSR count). The van der Waals surface area contributed by atoms with Crippen LogP contribution in [0.3, 0.4) is 0 Å². The molecule has 0 radical (unpaired) electrons. The van der Waals surface area contributed by atoms with Crippen molar-refractivity contribution in [2.45, 2.75) is 19.3 Å². The molecule has 1 aromatic rings. The monoisotopic (exact) mass is 279 g/mol. The highest BCUT2D eigenvalue weighted by molar-refractivity contribution is 6.05. The molecule has 1 aromatic carbocycles. The van der Waals surface area contributed by atoms with Crippen molar-refractivity contribution in [3.8, 4) is 11.5 Å². The molecule has 1 atom stereocenters. The lowest BCUT2D eigenvalue weighted by Gasteiger charge is -2.12. The maximum atomic E-state index is 12.0. The Kier molecular flexibility index (Phi) is 4.12.